The first kappa shape index (κ1) is 43.2. The summed E-state index contributed by atoms with van der Waals surface area (Å²) in [7, 11) is -4.11. The summed E-state index contributed by atoms with van der Waals surface area (Å²) in [5.41, 5.74) is -0.751. The molecule has 1 aliphatic rings. The minimum absolute atomic E-state index is 0.0715. The third kappa shape index (κ3) is 13.6. The van der Waals surface area contributed by atoms with E-state index >= 15 is 0 Å². The maximum atomic E-state index is 13.4. The number of allylic oxidation sites excluding steroid dienone is 2. The molecular formula is C38H63F3O6Si2. The molecule has 1 fully saturated rings. The van der Waals surface area contributed by atoms with Crippen molar-refractivity contribution in [3.8, 4) is 5.75 Å². The second-order valence-electron chi connectivity index (χ2n) is 13.7. The van der Waals surface area contributed by atoms with Crippen LogP contribution in [-0.2, 0) is 24.6 Å². The van der Waals surface area contributed by atoms with Crippen molar-refractivity contribution in [2.75, 3.05) is 6.61 Å². The molecule has 0 radical (unpaired) electrons. The number of rotatable bonds is 22. The second kappa shape index (κ2) is 20.8. The lowest BCUT2D eigenvalue weighted by Gasteiger charge is -2.35. The molecule has 0 spiro atoms. The molecule has 0 unspecified atom stereocenters. The number of ether oxygens (including phenoxy) is 2. The molecule has 1 N–H and O–H groups in total. The van der Waals surface area contributed by atoms with Crippen LogP contribution < -0.4 is 4.74 Å². The van der Waals surface area contributed by atoms with Crippen LogP contribution in [0.4, 0.5) is 13.2 Å². The van der Waals surface area contributed by atoms with Gasteiger partial charge in [0.25, 0.3) is 0 Å². The van der Waals surface area contributed by atoms with E-state index in [0.29, 0.717) is 25.7 Å². The van der Waals surface area contributed by atoms with Crippen LogP contribution in [0.25, 0.3) is 0 Å². The minimum Gasteiger partial charge on any atom is -0.491 e. The van der Waals surface area contributed by atoms with E-state index in [1.54, 1.807) is 0 Å². The summed E-state index contributed by atoms with van der Waals surface area (Å²) in [4.78, 5) is 11.9. The maximum absolute atomic E-state index is 13.4. The van der Waals surface area contributed by atoms with E-state index in [4.69, 9.17) is 18.3 Å². The van der Waals surface area contributed by atoms with Crippen molar-refractivity contribution in [1.29, 1.82) is 0 Å². The number of carbonyl (C=O) groups is 1. The molecule has 280 valence electrons. The van der Waals surface area contributed by atoms with Gasteiger partial charge in [0.15, 0.2) is 16.6 Å². The van der Waals surface area contributed by atoms with Gasteiger partial charge in [-0.2, -0.15) is 13.2 Å². The fraction of sp³-hybridized carbons (Fsp3) is 0.711. The first-order valence-corrected chi connectivity index (χ1v) is 23.6. The summed E-state index contributed by atoms with van der Waals surface area (Å²) >= 11 is 0. The van der Waals surface area contributed by atoms with Crippen LogP contribution >= 0.6 is 0 Å². The van der Waals surface area contributed by atoms with Gasteiger partial charge in [-0.1, -0.05) is 71.9 Å². The Morgan fingerprint density at radius 3 is 2.18 bits per heavy atom. The lowest BCUT2D eigenvalue weighted by Crippen LogP contribution is -2.42. The summed E-state index contributed by atoms with van der Waals surface area (Å²) in [5.74, 6) is -0.185. The van der Waals surface area contributed by atoms with Gasteiger partial charge in [0.2, 0.25) is 0 Å². The number of hydrogen-bond donors (Lipinski definition) is 1. The largest absolute Gasteiger partial charge is 0.491 e. The smallest absolute Gasteiger partial charge is 0.416 e. The number of esters is 1. The molecule has 1 aromatic rings. The Kier molecular flexibility index (Phi) is 18.4. The highest BCUT2D eigenvalue weighted by Crippen LogP contribution is 2.41. The summed E-state index contributed by atoms with van der Waals surface area (Å²) in [6, 6.07) is 10.7. The van der Waals surface area contributed by atoms with E-state index in [1.165, 1.54) is 12.1 Å². The highest BCUT2D eigenvalue weighted by Gasteiger charge is 2.45. The van der Waals surface area contributed by atoms with Gasteiger partial charge < -0.3 is 23.4 Å². The normalized spacial score (nSPS) is 21.2. The first-order valence-electron chi connectivity index (χ1n) is 18.6. The fourth-order valence-corrected chi connectivity index (χ4v) is 12.5. The number of aliphatic hydroxyl groups is 1. The van der Waals surface area contributed by atoms with Crippen molar-refractivity contribution in [1.82, 2.24) is 0 Å². The highest BCUT2D eigenvalue weighted by atomic mass is 28.4. The Labute approximate surface area is 296 Å². The van der Waals surface area contributed by atoms with Crippen molar-refractivity contribution < 1.29 is 41.4 Å². The molecule has 0 heterocycles. The van der Waals surface area contributed by atoms with Crippen molar-refractivity contribution in [2.24, 2.45) is 11.8 Å². The molecule has 1 aliphatic carbocycles. The minimum atomic E-state index is -4.46. The van der Waals surface area contributed by atoms with Crippen LogP contribution in [-0.4, -0.2) is 58.7 Å². The van der Waals surface area contributed by atoms with E-state index in [0.717, 1.165) is 54.8 Å². The fourth-order valence-electron chi connectivity index (χ4n) is 6.83. The number of carbonyl (C=O) groups excluding carboxylic acids is 1. The number of hydrogen-bond acceptors (Lipinski definition) is 6. The van der Waals surface area contributed by atoms with Gasteiger partial charge in [-0.3, -0.25) is 4.79 Å². The van der Waals surface area contributed by atoms with Crippen LogP contribution in [0.15, 0.2) is 48.6 Å². The summed E-state index contributed by atoms with van der Waals surface area (Å²) in [6.45, 7) is 16.8. The Balaban J connectivity index is 2.36. The predicted octanol–water partition coefficient (Wildman–Crippen LogP) is 10.5. The zero-order valence-corrected chi connectivity index (χ0v) is 33.2. The molecule has 1 saturated carbocycles. The Morgan fingerprint density at radius 2 is 1.61 bits per heavy atom. The summed E-state index contributed by atoms with van der Waals surface area (Å²) in [5, 5.41) is 11.4. The molecule has 5 atom stereocenters. The average Bonchev–Trinajstić information content (AvgIpc) is 3.37. The van der Waals surface area contributed by atoms with E-state index in [1.807, 2.05) is 19.9 Å². The predicted molar refractivity (Wildman–Crippen MR) is 197 cm³/mol. The zero-order valence-electron chi connectivity index (χ0n) is 31.2. The lowest BCUT2D eigenvalue weighted by molar-refractivity contribution is -0.147. The number of aliphatic hydroxyl groups excluding tert-OH is 1. The molecule has 0 aliphatic heterocycles. The number of halogens is 3. The van der Waals surface area contributed by atoms with Gasteiger partial charge in [0.1, 0.15) is 12.4 Å². The van der Waals surface area contributed by atoms with Crippen LogP contribution in [0.5, 0.6) is 5.75 Å². The third-order valence-electron chi connectivity index (χ3n) is 10.4. The van der Waals surface area contributed by atoms with Crippen molar-refractivity contribution in [3.05, 3.63) is 54.1 Å². The maximum Gasteiger partial charge on any atom is 0.416 e. The quantitative estimate of drug-likeness (QED) is 0.0555. The number of alkyl halides is 3. The SMILES string of the molecule is CC[Si](CC)(CC)O[C@H](C=C[C@H]1[C@@H](CC=CCCCC(=O)OC(C)C)[C@H](O)C[C@H]1O[Si](CC)(CC)CC)COc1cccc(C(F)(F)F)c1. The highest BCUT2D eigenvalue weighted by molar-refractivity contribution is 6.74. The molecular weight excluding hydrogens is 666 g/mol. The molecule has 2 rings (SSSR count). The molecule has 0 aromatic heterocycles. The second-order valence-corrected chi connectivity index (χ2v) is 23.1. The lowest BCUT2D eigenvalue weighted by atomic mass is 9.89. The Morgan fingerprint density at radius 1 is 0.980 bits per heavy atom. The van der Waals surface area contributed by atoms with Gasteiger partial charge in [-0.25, -0.2) is 0 Å². The average molecular weight is 729 g/mol. The van der Waals surface area contributed by atoms with Gasteiger partial charge in [0.05, 0.1) is 30.0 Å². The van der Waals surface area contributed by atoms with Crippen molar-refractivity contribution in [3.63, 3.8) is 0 Å². The molecule has 0 amide bonds. The zero-order chi connectivity index (χ0) is 36.7. The summed E-state index contributed by atoms with van der Waals surface area (Å²) < 4.78 is 65.3. The monoisotopic (exact) mass is 728 g/mol. The van der Waals surface area contributed by atoms with Crippen molar-refractivity contribution in [2.45, 2.75) is 154 Å². The van der Waals surface area contributed by atoms with Crippen molar-refractivity contribution >= 4 is 22.6 Å². The van der Waals surface area contributed by atoms with E-state index < -0.39 is 40.6 Å². The van der Waals surface area contributed by atoms with Gasteiger partial charge in [0, 0.05) is 12.3 Å². The van der Waals surface area contributed by atoms with Crippen LogP contribution in [0.1, 0.15) is 93.1 Å². The van der Waals surface area contributed by atoms with Gasteiger partial charge >= 0.3 is 12.1 Å². The standard InChI is InChI=1S/C38H63F3O6Si2/c1-9-48(10-2,11-3)46-32(28-44-31-21-19-20-30(26-31)38(39,40)41)24-25-34-33(22-17-15-16-18-23-37(43)45-29(7)8)35(42)27-36(34)47-49(12-4,13-5)14-6/h15,17,19-21,24-26,29,32-36,42H,9-14,16,18,22-23,27-28H2,1-8H3/t32-,33-,34+,35-,36-/m1/s1. The molecule has 11 heteroatoms. The third-order valence-corrected chi connectivity index (χ3v) is 19.7. The van der Waals surface area contributed by atoms with Gasteiger partial charge in [-0.15, -0.1) is 0 Å². The first-order chi connectivity index (χ1) is 23.2. The molecule has 1 aromatic carbocycles. The molecule has 0 saturated heterocycles. The molecule has 6 nitrogen and oxygen atoms in total. The van der Waals surface area contributed by atoms with Crippen LogP contribution in [0, 0.1) is 11.8 Å². The van der Waals surface area contributed by atoms with Crippen LogP contribution in [0.3, 0.4) is 0 Å². The van der Waals surface area contributed by atoms with E-state index in [9.17, 15) is 23.1 Å². The van der Waals surface area contributed by atoms with E-state index in [-0.39, 0.29) is 42.4 Å². The van der Waals surface area contributed by atoms with E-state index in [2.05, 4.69) is 59.8 Å². The topological polar surface area (TPSA) is 74.2 Å². The summed E-state index contributed by atoms with van der Waals surface area (Å²) in [6.07, 6.45) is 5.61. The number of benzene rings is 1. The Bertz CT molecular complexity index is 1150. The van der Waals surface area contributed by atoms with Gasteiger partial charge in [-0.05, 0) is 99.9 Å². The number of unbranched alkanes of at least 4 members (excludes halogenated alkanes) is 1. The molecule has 0 bridgehead atoms. The Hall–Kier alpha value is -1.93. The van der Waals surface area contributed by atoms with Crippen LogP contribution in [0.2, 0.25) is 36.3 Å². The molecule has 49 heavy (non-hydrogen) atoms.